The third-order valence-corrected chi connectivity index (χ3v) is 6.19. The maximum Gasteiger partial charge on any atom is 0.277 e. The Balaban J connectivity index is 1.35. The summed E-state index contributed by atoms with van der Waals surface area (Å²) in [4.78, 5) is 12.4. The molecule has 0 spiro atoms. The van der Waals surface area contributed by atoms with Crippen molar-refractivity contribution in [2.45, 2.75) is 21.9 Å². The number of nitrogens with zero attached hydrogens (tertiary/aromatic N) is 2. The molecule has 1 fully saturated rings. The molecule has 28 heavy (non-hydrogen) atoms. The van der Waals surface area contributed by atoms with Crippen LogP contribution in [-0.4, -0.2) is 33.2 Å². The maximum absolute atomic E-state index is 12.4. The smallest absolute Gasteiger partial charge is 0.277 e. The first-order valence-electron chi connectivity index (χ1n) is 8.58. The Kier molecular flexibility index (Phi) is 5.36. The number of ketones is 1. The summed E-state index contributed by atoms with van der Waals surface area (Å²) in [5.41, 5.74) is 2.47. The van der Waals surface area contributed by atoms with Crippen LogP contribution >= 0.6 is 35.0 Å². The Bertz CT molecular complexity index is 987. The highest BCUT2D eigenvalue weighted by molar-refractivity contribution is 7.99. The maximum atomic E-state index is 12.4. The SMILES string of the molecule is COc1ccc(-c2nnc(SCC(=O)c3ccc(C4CC4(Cl)Cl)cc3)o2)cc1. The standard InChI is InChI=1S/C20H16Cl2N2O3S/c1-26-15-8-6-14(7-9-15)18-23-24-19(27-18)28-11-17(25)13-4-2-12(3-5-13)16-10-20(16,21)22/h2-9,16H,10-11H2,1H3. The molecule has 1 aromatic heterocycles. The van der Waals surface area contributed by atoms with Gasteiger partial charge in [0.15, 0.2) is 5.78 Å². The molecular formula is C20H16Cl2N2O3S. The fraction of sp³-hybridized carbons (Fsp3) is 0.250. The molecule has 3 aromatic rings. The molecule has 0 amide bonds. The molecule has 0 N–H and O–H groups in total. The van der Waals surface area contributed by atoms with Gasteiger partial charge in [0.05, 0.1) is 12.9 Å². The van der Waals surface area contributed by atoms with Crippen molar-refractivity contribution in [3.63, 3.8) is 0 Å². The Labute approximate surface area is 176 Å². The summed E-state index contributed by atoms with van der Waals surface area (Å²) < 4.78 is 10.1. The van der Waals surface area contributed by atoms with Crippen LogP contribution in [0.4, 0.5) is 0 Å². The van der Waals surface area contributed by atoms with Crippen LogP contribution in [0.15, 0.2) is 58.2 Å². The molecule has 1 saturated carbocycles. The van der Waals surface area contributed by atoms with Gasteiger partial charge in [-0.15, -0.1) is 33.4 Å². The van der Waals surface area contributed by atoms with Gasteiger partial charge in [0.1, 0.15) is 10.1 Å². The van der Waals surface area contributed by atoms with Crippen LogP contribution in [0.25, 0.3) is 11.5 Å². The Morgan fingerprint density at radius 3 is 2.46 bits per heavy atom. The number of alkyl halides is 2. The highest BCUT2D eigenvalue weighted by Gasteiger charge is 2.52. The third kappa shape index (κ3) is 4.19. The second-order valence-electron chi connectivity index (χ2n) is 6.45. The molecule has 8 heteroatoms. The molecule has 2 aromatic carbocycles. The fourth-order valence-corrected chi connectivity index (χ4v) is 4.02. The molecule has 1 aliphatic carbocycles. The van der Waals surface area contributed by atoms with Crippen molar-refractivity contribution in [3.05, 3.63) is 59.7 Å². The second kappa shape index (κ2) is 7.78. The average Bonchev–Trinajstić information content (AvgIpc) is 3.13. The van der Waals surface area contributed by atoms with E-state index in [-0.39, 0.29) is 17.5 Å². The third-order valence-electron chi connectivity index (χ3n) is 4.53. The minimum atomic E-state index is -0.666. The lowest BCUT2D eigenvalue weighted by atomic mass is 10.1. The van der Waals surface area contributed by atoms with Gasteiger partial charge in [-0.2, -0.15) is 0 Å². The van der Waals surface area contributed by atoms with Crippen LogP contribution in [0.5, 0.6) is 5.75 Å². The monoisotopic (exact) mass is 434 g/mol. The fourth-order valence-electron chi connectivity index (χ4n) is 2.81. The lowest BCUT2D eigenvalue weighted by Crippen LogP contribution is -2.02. The molecule has 1 atom stereocenters. The lowest BCUT2D eigenvalue weighted by molar-refractivity contribution is 0.102. The summed E-state index contributed by atoms with van der Waals surface area (Å²) in [5, 5.41) is 8.38. The van der Waals surface area contributed by atoms with E-state index in [2.05, 4.69) is 10.2 Å². The number of thioether (sulfide) groups is 1. The van der Waals surface area contributed by atoms with E-state index in [0.29, 0.717) is 16.7 Å². The van der Waals surface area contributed by atoms with Crippen LogP contribution < -0.4 is 4.74 Å². The average molecular weight is 435 g/mol. The van der Waals surface area contributed by atoms with Gasteiger partial charge in [0, 0.05) is 17.0 Å². The molecule has 0 bridgehead atoms. The number of halogens is 2. The number of aromatic nitrogens is 2. The number of hydrogen-bond acceptors (Lipinski definition) is 6. The molecule has 0 radical (unpaired) electrons. The van der Waals surface area contributed by atoms with E-state index in [9.17, 15) is 4.79 Å². The van der Waals surface area contributed by atoms with E-state index < -0.39 is 4.33 Å². The topological polar surface area (TPSA) is 65.2 Å². The normalized spacial score (nSPS) is 17.3. The number of ether oxygens (including phenoxy) is 1. The van der Waals surface area contributed by atoms with Crippen LogP contribution in [0, 0.1) is 0 Å². The molecule has 1 heterocycles. The Hall–Kier alpha value is -2.02. The first-order chi connectivity index (χ1) is 13.5. The number of hydrogen-bond donors (Lipinski definition) is 0. The van der Waals surface area contributed by atoms with Crippen molar-refractivity contribution in [1.82, 2.24) is 10.2 Å². The number of benzene rings is 2. The molecule has 5 nitrogen and oxygen atoms in total. The number of rotatable bonds is 7. The van der Waals surface area contributed by atoms with E-state index in [1.165, 1.54) is 11.8 Å². The van der Waals surface area contributed by atoms with Crippen LogP contribution in [0.3, 0.4) is 0 Å². The van der Waals surface area contributed by atoms with Gasteiger partial charge in [-0.3, -0.25) is 4.79 Å². The van der Waals surface area contributed by atoms with Crippen molar-refractivity contribution in [2.24, 2.45) is 0 Å². The van der Waals surface area contributed by atoms with Gasteiger partial charge in [-0.05, 0) is 36.2 Å². The molecule has 144 valence electrons. The van der Waals surface area contributed by atoms with Crippen molar-refractivity contribution in [1.29, 1.82) is 0 Å². The van der Waals surface area contributed by atoms with Gasteiger partial charge >= 0.3 is 0 Å². The summed E-state index contributed by atoms with van der Waals surface area (Å²) in [6.07, 6.45) is 0.743. The van der Waals surface area contributed by atoms with Gasteiger partial charge < -0.3 is 9.15 Å². The van der Waals surface area contributed by atoms with E-state index in [0.717, 1.165) is 23.3 Å². The quantitative estimate of drug-likeness (QED) is 0.282. The van der Waals surface area contributed by atoms with Crippen molar-refractivity contribution >= 4 is 40.7 Å². The first kappa shape index (κ1) is 19.3. The van der Waals surface area contributed by atoms with Gasteiger partial charge in [0.25, 0.3) is 5.22 Å². The molecule has 4 rings (SSSR count). The molecule has 0 saturated heterocycles. The van der Waals surface area contributed by atoms with E-state index in [4.69, 9.17) is 32.4 Å². The minimum Gasteiger partial charge on any atom is -0.497 e. The van der Waals surface area contributed by atoms with Gasteiger partial charge in [0.2, 0.25) is 5.89 Å². The summed E-state index contributed by atoms with van der Waals surface area (Å²) in [6.45, 7) is 0. The van der Waals surface area contributed by atoms with Crippen molar-refractivity contribution < 1.29 is 13.9 Å². The summed E-state index contributed by atoms with van der Waals surface area (Å²) in [6, 6.07) is 14.7. The highest BCUT2D eigenvalue weighted by Crippen LogP contribution is 2.59. The number of carbonyl (C=O) groups excluding carboxylic acids is 1. The zero-order valence-corrected chi connectivity index (χ0v) is 17.2. The van der Waals surface area contributed by atoms with Crippen molar-refractivity contribution in [3.8, 4) is 17.2 Å². The Morgan fingerprint density at radius 1 is 1.18 bits per heavy atom. The molecule has 0 aliphatic heterocycles. The lowest BCUT2D eigenvalue weighted by Gasteiger charge is -2.03. The van der Waals surface area contributed by atoms with Crippen molar-refractivity contribution in [2.75, 3.05) is 12.9 Å². The first-order valence-corrected chi connectivity index (χ1v) is 10.3. The summed E-state index contributed by atoms with van der Waals surface area (Å²) in [7, 11) is 1.61. The van der Waals surface area contributed by atoms with Crippen LogP contribution in [-0.2, 0) is 0 Å². The molecule has 1 unspecified atom stereocenters. The van der Waals surface area contributed by atoms with Gasteiger partial charge in [-0.1, -0.05) is 36.0 Å². The summed E-state index contributed by atoms with van der Waals surface area (Å²) >= 11 is 13.4. The van der Waals surface area contributed by atoms with E-state index >= 15 is 0 Å². The predicted molar refractivity (Wildman–Crippen MR) is 110 cm³/mol. The Morgan fingerprint density at radius 2 is 1.86 bits per heavy atom. The zero-order valence-electron chi connectivity index (χ0n) is 14.9. The zero-order chi connectivity index (χ0) is 19.7. The predicted octanol–water partition coefficient (Wildman–Crippen LogP) is 5.38. The number of carbonyl (C=O) groups is 1. The highest BCUT2D eigenvalue weighted by atomic mass is 35.5. The largest absolute Gasteiger partial charge is 0.497 e. The van der Waals surface area contributed by atoms with E-state index in [1.807, 2.05) is 36.4 Å². The number of Topliss-reactive ketones (excluding diaryl/α,β-unsaturated/α-hetero) is 1. The van der Waals surface area contributed by atoms with E-state index in [1.54, 1.807) is 19.2 Å². The van der Waals surface area contributed by atoms with Gasteiger partial charge in [-0.25, -0.2) is 0 Å². The second-order valence-corrected chi connectivity index (χ2v) is 8.92. The van der Waals surface area contributed by atoms with Crippen LogP contribution in [0.1, 0.15) is 28.3 Å². The molecule has 1 aliphatic rings. The molecular weight excluding hydrogens is 419 g/mol. The minimum absolute atomic E-state index is 0.0143. The van der Waals surface area contributed by atoms with Crippen LogP contribution in [0.2, 0.25) is 0 Å². The number of methoxy groups -OCH3 is 1. The summed E-state index contributed by atoms with van der Waals surface area (Å²) in [5.74, 6) is 1.49.